The summed E-state index contributed by atoms with van der Waals surface area (Å²) >= 11 is 0. The molecule has 0 saturated carbocycles. The lowest BCUT2D eigenvalue weighted by molar-refractivity contribution is 0.399. The zero-order valence-corrected chi connectivity index (χ0v) is 12.0. The number of para-hydroxylation sites is 1. The molecule has 0 spiro atoms. The Morgan fingerprint density at radius 3 is 2.75 bits per heavy atom. The number of aromatic nitrogens is 1. The highest BCUT2D eigenvalue weighted by Gasteiger charge is 2.07. The number of hydrogen-bond acceptors (Lipinski definition) is 3. The van der Waals surface area contributed by atoms with Crippen LogP contribution >= 0.6 is 0 Å². The Morgan fingerprint density at radius 1 is 1.20 bits per heavy atom. The molecule has 0 amide bonds. The van der Waals surface area contributed by atoms with Gasteiger partial charge in [0.05, 0.1) is 11.3 Å². The number of nitrogens with zero attached hydrogens (tertiary/aromatic N) is 3. The van der Waals surface area contributed by atoms with Crippen molar-refractivity contribution < 1.29 is 0 Å². The first kappa shape index (κ1) is 14.3. The van der Waals surface area contributed by atoms with Crippen LogP contribution in [0.4, 0.5) is 0 Å². The lowest BCUT2D eigenvalue weighted by atomic mass is 10.2. The third-order valence-electron chi connectivity index (χ3n) is 3.16. The van der Waals surface area contributed by atoms with Crippen LogP contribution in [0.5, 0.6) is 0 Å². The Kier molecular flexibility index (Phi) is 4.94. The molecule has 0 aliphatic rings. The van der Waals surface area contributed by atoms with Gasteiger partial charge < -0.3 is 14.8 Å². The molecule has 1 N–H and O–H groups in total. The Labute approximate surface area is 120 Å². The van der Waals surface area contributed by atoms with Crippen LogP contribution in [0.2, 0.25) is 0 Å². The van der Waals surface area contributed by atoms with E-state index in [1.807, 2.05) is 36.5 Å². The van der Waals surface area contributed by atoms with Crippen molar-refractivity contribution in [2.45, 2.75) is 6.54 Å². The molecule has 0 atom stereocenters. The number of nitriles is 1. The van der Waals surface area contributed by atoms with E-state index in [1.165, 1.54) is 0 Å². The monoisotopic (exact) mass is 268 g/mol. The molecule has 0 bridgehead atoms. The lowest BCUT2D eigenvalue weighted by Crippen LogP contribution is -2.26. The maximum atomic E-state index is 9.20. The first-order valence-corrected chi connectivity index (χ1v) is 6.73. The standard InChI is InChI=1S/C16H20N4/c1-19(2)11-9-18-13-15-7-5-10-20(15)16-8-4-3-6-14(16)12-17/h3-8,10,18H,9,11,13H2,1-2H3. The van der Waals surface area contributed by atoms with Crippen molar-refractivity contribution >= 4 is 0 Å². The van der Waals surface area contributed by atoms with Gasteiger partial charge in [0, 0.05) is 31.5 Å². The Balaban J connectivity index is 2.11. The number of benzene rings is 1. The van der Waals surface area contributed by atoms with E-state index < -0.39 is 0 Å². The maximum absolute atomic E-state index is 9.20. The fraction of sp³-hybridized carbons (Fsp3) is 0.312. The second-order valence-corrected chi connectivity index (χ2v) is 4.98. The minimum absolute atomic E-state index is 0.693. The van der Waals surface area contributed by atoms with E-state index in [4.69, 9.17) is 0 Å². The minimum atomic E-state index is 0.693. The molecule has 2 rings (SSSR count). The highest BCUT2D eigenvalue weighted by Crippen LogP contribution is 2.16. The number of hydrogen-bond donors (Lipinski definition) is 1. The van der Waals surface area contributed by atoms with Crippen LogP contribution < -0.4 is 5.32 Å². The molecule has 4 heteroatoms. The van der Waals surface area contributed by atoms with Gasteiger partial charge in [-0.1, -0.05) is 12.1 Å². The Hall–Kier alpha value is -2.09. The smallest absolute Gasteiger partial charge is 0.101 e. The molecule has 0 saturated heterocycles. The van der Waals surface area contributed by atoms with Crippen LogP contribution in [-0.4, -0.2) is 36.7 Å². The summed E-state index contributed by atoms with van der Waals surface area (Å²) in [6.07, 6.45) is 2.00. The van der Waals surface area contributed by atoms with Crippen LogP contribution in [0, 0.1) is 11.3 Å². The summed E-state index contributed by atoms with van der Waals surface area (Å²) in [5.41, 5.74) is 2.79. The van der Waals surface area contributed by atoms with Crippen molar-refractivity contribution in [2.24, 2.45) is 0 Å². The van der Waals surface area contributed by atoms with E-state index >= 15 is 0 Å². The molecule has 0 aliphatic heterocycles. The van der Waals surface area contributed by atoms with Crippen molar-refractivity contribution in [1.82, 2.24) is 14.8 Å². The summed E-state index contributed by atoms with van der Waals surface area (Å²) in [6, 6.07) is 14.0. The Morgan fingerprint density at radius 2 is 2.00 bits per heavy atom. The van der Waals surface area contributed by atoms with Gasteiger partial charge in [0.1, 0.15) is 6.07 Å². The van der Waals surface area contributed by atoms with Crippen molar-refractivity contribution in [3.05, 3.63) is 53.9 Å². The van der Waals surface area contributed by atoms with Gasteiger partial charge in [-0.05, 0) is 38.4 Å². The van der Waals surface area contributed by atoms with E-state index in [9.17, 15) is 5.26 Å². The molecular weight excluding hydrogens is 248 g/mol. The number of likely N-dealkylation sites (N-methyl/N-ethyl adjacent to an activating group) is 1. The second kappa shape index (κ2) is 6.90. The van der Waals surface area contributed by atoms with E-state index in [2.05, 4.69) is 41.0 Å². The average molecular weight is 268 g/mol. The molecule has 0 fully saturated rings. The zero-order valence-electron chi connectivity index (χ0n) is 12.0. The van der Waals surface area contributed by atoms with Crippen LogP contribution in [-0.2, 0) is 6.54 Å². The van der Waals surface area contributed by atoms with Gasteiger partial charge in [-0.25, -0.2) is 0 Å². The Bertz CT molecular complexity index is 593. The summed E-state index contributed by atoms with van der Waals surface area (Å²) in [7, 11) is 4.13. The molecule has 0 unspecified atom stereocenters. The average Bonchev–Trinajstić information content (AvgIpc) is 2.91. The predicted octanol–water partition coefficient (Wildman–Crippen LogP) is 2.00. The lowest BCUT2D eigenvalue weighted by Gasteiger charge is -2.13. The largest absolute Gasteiger partial charge is 0.318 e. The van der Waals surface area contributed by atoms with Crippen molar-refractivity contribution in [2.75, 3.05) is 27.2 Å². The van der Waals surface area contributed by atoms with Crippen molar-refractivity contribution in [3.8, 4) is 11.8 Å². The molecule has 0 radical (unpaired) electrons. The van der Waals surface area contributed by atoms with E-state index in [-0.39, 0.29) is 0 Å². The first-order valence-electron chi connectivity index (χ1n) is 6.73. The summed E-state index contributed by atoms with van der Waals surface area (Å²) < 4.78 is 2.07. The number of rotatable bonds is 6. The summed E-state index contributed by atoms with van der Waals surface area (Å²) in [5.74, 6) is 0. The van der Waals surface area contributed by atoms with E-state index in [1.54, 1.807) is 0 Å². The fourth-order valence-corrected chi connectivity index (χ4v) is 2.09. The number of nitrogens with one attached hydrogen (secondary N) is 1. The fourth-order valence-electron chi connectivity index (χ4n) is 2.09. The highest BCUT2D eigenvalue weighted by atomic mass is 15.1. The van der Waals surface area contributed by atoms with Gasteiger partial charge in [-0.2, -0.15) is 5.26 Å². The third-order valence-corrected chi connectivity index (χ3v) is 3.16. The molecule has 4 nitrogen and oxygen atoms in total. The predicted molar refractivity (Wildman–Crippen MR) is 80.7 cm³/mol. The van der Waals surface area contributed by atoms with Gasteiger partial charge in [-0.15, -0.1) is 0 Å². The second-order valence-electron chi connectivity index (χ2n) is 4.98. The molecular formula is C16H20N4. The summed E-state index contributed by atoms with van der Waals surface area (Å²) in [6.45, 7) is 2.74. The zero-order chi connectivity index (χ0) is 14.4. The molecule has 20 heavy (non-hydrogen) atoms. The van der Waals surface area contributed by atoms with Crippen LogP contribution in [0.1, 0.15) is 11.3 Å². The molecule has 1 aromatic heterocycles. The highest BCUT2D eigenvalue weighted by molar-refractivity contribution is 5.49. The topological polar surface area (TPSA) is 44.0 Å². The molecule has 0 aliphatic carbocycles. The molecule has 2 aromatic rings. The van der Waals surface area contributed by atoms with Gasteiger partial charge in [-0.3, -0.25) is 0 Å². The first-order chi connectivity index (χ1) is 9.72. The maximum Gasteiger partial charge on any atom is 0.101 e. The molecule has 1 aromatic carbocycles. The van der Waals surface area contributed by atoms with Crippen LogP contribution in [0.3, 0.4) is 0 Å². The van der Waals surface area contributed by atoms with Crippen molar-refractivity contribution in [1.29, 1.82) is 5.26 Å². The van der Waals surface area contributed by atoms with Crippen LogP contribution in [0.25, 0.3) is 5.69 Å². The minimum Gasteiger partial charge on any atom is -0.318 e. The SMILES string of the molecule is CN(C)CCNCc1cccn1-c1ccccc1C#N. The molecule has 1 heterocycles. The summed E-state index contributed by atoms with van der Waals surface area (Å²) in [5, 5.41) is 12.6. The van der Waals surface area contributed by atoms with Crippen LogP contribution in [0.15, 0.2) is 42.6 Å². The van der Waals surface area contributed by atoms with Gasteiger partial charge in [0.25, 0.3) is 0 Å². The summed E-state index contributed by atoms with van der Waals surface area (Å²) in [4.78, 5) is 2.15. The van der Waals surface area contributed by atoms with Gasteiger partial charge in [0.15, 0.2) is 0 Å². The van der Waals surface area contributed by atoms with Gasteiger partial charge in [0.2, 0.25) is 0 Å². The third kappa shape index (κ3) is 3.47. The quantitative estimate of drug-likeness (QED) is 0.815. The van der Waals surface area contributed by atoms with E-state index in [0.717, 1.165) is 31.0 Å². The molecule has 104 valence electrons. The van der Waals surface area contributed by atoms with Gasteiger partial charge >= 0.3 is 0 Å². The van der Waals surface area contributed by atoms with Crippen molar-refractivity contribution in [3.63, 3.8) is 0 Å². The normalized spacial score (nSPS) is 10.7. The van der Waals surface area contributed by atoms with E-state index in [0.29, 0.717) is 5.56 Å².